The van der Waals surface area contributed by atoms with Crippen LogP contribution in [-0.4, -0.2) is 9.97 Å². The Labute approximate surface area is 102 Å². The van der Waals surface area contributed by atoms with Crippen LogP contribution >= 0.6 is 0 Å². The third-order valence-corrected chi connectivity index (χ3v) is 2.35. The SMILES string of the molecule is Nc1nc(NCc2ccc(F)cc2)c(N)c(=O)[nH]1. The number of aromatic amines is 1. The summed E-state index contributed by atoms with van der Waals surface area (Å²) in [6, 6.07) is 5.93. The molecule has 6 nitrogen and oxygen atoms in total. The smallest absolute Gasteiger partial charge is 0.277 e. The molecule has 7 heteroatoms. The van der Waals surface area contributed by atoms with Crippen molar-refractivity contribution in [3.05, 3.63) is 46.0 Å². The van der Waals surface area contributed by atoms with Gasteiger partial charge in [0.15, 0.2) is 5.82 Å². The molecule has 0 amide bonds. The summed E-state index contributed by atoms with van der Waals surface area (Å²) in [4.78, 5) is 17.5. The van der Waals surface area contributed by atoms with E-state index in [9.17, 15) is 9.18 Å². The van der Waals surface area contributed by atoms with Gasteiger partial charge in [0.25, 0.3) is 5.56 Å². The van der Waals surface area contributed by atoms with E-state index in [4.69, 9.17) is 11.5 Å². The van der Waals surface area contributed by atoms with Gasteiger partial charge >= 0.3 is 0 Å². The van der Waals surface area contributed by atoms with Gasteiger partial charge in [-0.3, -0.25) is 9.78 Å². The fourth-order valence-electron chi connectivity index (χ4n) is 1.42. The largest absolute Gasteiger partial charge is 0.391 e. The van der Waals surface area contributed by atoms with Crippen LogP contribution in [0.25, 0.3) is 0 Å². The van der Waals surface area contributed by atoms with Gasteiger partial charge in [-0.15, -0.1) is 0 Å². The van der Waals surface area contributed by atoms with Crippen molar-refractivity contribution in [2.45, 2.75) is 6.54 Å². The van der Waals surface area contributed by atoms with Crippen LogP contribution in [0.15, 0.2) is 29.1 Å². The maximum Gasteiger partial charge on any atom is 0.277 e. The fourth-order valence-corrected chi connectivity index (χ4v) is 1.42. The second-order valence-corrected chi connectivity index (χ2v) is 3.69. The van der Waals surface area contributed by atoms with Crippen LogP contribution < -0.4 is 22.3 Å². The molecular weight excluding hydrogens is 237 g/mol. The lowest BCUT2D eigenvalue weighted by Gasteiger charge is -2.08. The van der Waals surface area contributed by atoms with Crippen molar-refractivity contribution < 1.29 is 4.39 Å². The molecule has 0 aliphatic carbocycles. The summed E-state index contributed by atoms with van der Waals surface area (Å²) in [5.41, 5.74) is 11.3. The molecule has 18 heavy (non-hydrogen) atoms. The molecule has 2 rings (SSSR count). The highest BCUT2D eigenvalue weighted by Gasteiger charge is 2.06. The first kappa shape index (κ1) is 11.9. The molecular formula is C11H12FN5O. The third-order valence-electron chi connectivity index (χ3n) is 2.35. The molecule has 0 bridgehead atoms. The van der Waals surface area contributed by atoms with Gasteiger partial charge in [0.2, 0.25) is 5.95 Å². The summed E-state index contributed by atoms with van der Waals surface area (Å²) < 4.78 is 12.7. The quantitative estimate of drug-likeness (QED) is 0.639. The molecule has 0 unspecified atom stereocenters. The van der Waals surface area contributed by atoms with Gasteiger partial charge in [-0.1, -0.05) is 12.1 Å². The van der Waals surface area contributed by atoms with E-state index in [0.717, 1.165) is 5.56 Å². The molecule has 6 N–H and O–H groups in total. The highest BCUT2D eigenvalue weighted by Crippen LogP contribution is 2.12. The number of rotatable bonds is 3. The number of hydrogen-bond acceptors (Lipinski definition) is 5. The first-order valence-electron chi connectivity index (χ1n) is 5.20. The Balaban J connectivity index is 2.15. The van der Waals surface area contributed by atoms with Crippen molar-refractivity contribution in [1.29, 1.82) is 0 Å². The summed E-state index contributed by atoms with van der Waals surface area (Å²) in [6.45, 7) is 0.361. The van der Waals surface area contributed by atoms with E-state index in [1.165, 1.54) is 12.1 Å². The Morgan fingerprint density at radius 2 is 1.94 bits per heavy atom. The second kappa shape index (κ2) is 4.74. The monoisotopic (exact) mass is 249 g/mol. The Hall–Kier alpha value is -2.57. The first-order valence-corrected chi connectivity index (χ1v) is 5.20. The van der Waals surface area contributed by atoms with E-state index in [2.05, 4.69) is 15.3 Å². The Morgan fingerprint density at radius 3 is 2.61 bits per heavy atom. The number of H-pyrrole nitrogens is 1. The lowest BCUT2D eigenvalue weighted by Crippen LogP contribution is -2.18. The first-order chi connectivity index (χ1) is 8.56. The molecule has 0 saturated carbocycles. The van der Waals surface area contributed by atoms with E-state index < -0.39 is 5.56 Å². The molecule has 1 heterocycles. The fraction of sp³-hybridized carbons (Fsp3) is 0.0909. The number of benzene rings is 1. The van der Waals surface area contributed by atoms with Gasteiger partial charge in [-0.05, 0) is 17.7 Å². The van der Waals surface area contributed by atoms with Crippen LogP contribution in [0.3, 0.4) is 0 Å². The van der Waals surface area contributed by atoms with Crippen molar-refractivity contribution >= 4 is 17.5 Å². The average molecular weight is 249 g/mol. The van der Waals surface area contributed by atoms with Gasteiger partial charge in [0, 0.05) is 6.54 Å². The summed E-state index contributed by atoms with van der Waals surface area (Å²) in [6.07, 6.45) is 0. The zero-order chi connectivity index (χ0) is 13.1. The molecule has 0 saturated heterocycles. The van der Waals surface area contributed by atoms with E-state index >= 15 is 0 Å². The number of anilines is 3. The zero-order valence-electron chi connectivity index (χ0n) is 9.40. The highest BCUT2D eigenvalue weighted by molar-refractivity contribution is 5.61. The second-order valence-electron chi connectivity index (χ2n) is 3.69. The standard InChI is InChI=1S/C11H12FN5O/c12-7-3-1-6(2-4-7)5-15-9-8(13)10(18)17-11(14)16-9/h1-4H,5,13H2,(H4,14,15,16,17,18). The number of nitrogens with zero attached hydrogens (tertiary/aromatic N) is 1. The number of hydrogen-bond donors (Lipinski definition) is 4. The van der Waals surface area contributed by atoms with E-state index in [1.54, 1.807) is 12.1 Å². The maximum atomic E-state index is 12.7. The minimum Gasteiger partial charge on any atom is -0.391 e. The van der Waals surface area contributed by atoms with Crippen LogP contribution in [0, 0.1) is 5.82 Å². The zero-order valence-corrected chi connectivity index (χ0v) is 9.40. The summed E-state index contributed by atoms with van der Waals surface area (Å²) in [7, 11) is 0. The molecule has 0 fully saturated rings. The third kappa shape index (κ3) is 2.57. The lowest BCUT2D eigenvalue weighted by molar-refractivity contribution is 0.627. The van der Waals surface area contributed by atoms with Crippen LogP contribution in [0.2, 0.25) is 0 Å². The van der Waals surface area contributed by atoms with Crippen molar-refractivity contribution in [3.63, 3.8) is 0 Å². The molecule has 2 aromatic rings. The van der Waals surface area contributed by atoms with E-state index in [0.29, 0.717) is 6.54 Å². The molecule has 0 aliphatic rings. The van der Waals surface area contributed by atoms with E-state index in [1.807, 2.05) is 0 Å². The molecule has 0 spiro atoms. The van der Waals surface area contributed by atoms with Crippen molar-refractivity contribution in [3.8, 4) is 0 Å². The number of nitrogen functional groups attached to an aromatic ring is 2. The predicted octanol–water partition coefficient (Wildman–Crippen LogP) is 0.685. The Bertz CT molecular complexity index is 608. The van der Waals surface area contributed by atoms with Crippen LogP contribution in [0.5, 0.6) is 0 Å². The van der Waals surface area contributed by atoms with E-state index in [-0.39, 0.29) is 23.3 Å². The molecule has 0 atom stereocenters. The number of nitrogens with one attached hydrogen (secondary N) is 2. The molecule has 1 aromatic carbocycles. The summed E-state index contributed by atoms with van der Waals surface area (Å²) in [5, 5.41) is 2.87. The topological polar surface area (TPSA) is 110 Å². The maximum absolute atomic E-state index is 12.7. The van der Waals surface area contributed by atoms with Gasteiger partial charge in [-0.25, -0.2) is 4.39 Å². The lowest BCUT2D eigenvalue weighted by atomic mass is 10.2. The van der Waals surface area contributed by atoms with Crippen molar-refractivity contribution in [1.82, 2.24) is 9.97 Å². The summed E-state index contributed by atoms with van der Waals surface area (Å²) >= 11 is 0. The minimum absolute atomic E-state index is 0.0178. The van der Waals surface area contributed by atoms with Crippen LogP contribution in [0.1, 0.15) is 5.56 Å². The molecule has 1 aromatic heterocycles. The van der Waals surface area contributed by atoms with Gasteiger partial charge in [0.1, 0.15) is 11.5 Å². The average Bonchev–Trinajstić information content (AvgIpc) is 2.34. The predicted molar refractivity (Wildman–Crippen MR) is 67.4 cm³/mol. The molecule has 0 radical (unpaired) electrons. The van der Waals surface area contributed by atoms with Crippen LogP contribution in [-0.2, 0) is 6.54 Å². The minimum atomic E-state index is -0.496. The van der Waals surface area contributed by atoms with Crippen molar-refractivity contribution in [2.75, 3.05) is 16.8 Å². The molecule has 94 valence electrons. The van der Waals surface area contributed by atoms with Gasteiger partial charge in [0.05, 0.1) is 0 Å². The number of halogens is 1. The molecule has 0 aliphatic heterocycles. The normalized spacial score (nSPS) is 10.3. The van der Waals surface area contributed by atoms with Gasteiger partial charge in [-0.2, -0.15) is 4.98 Å². The van der Waals surface area contributed by atoms with Crippen molar-refractivity contribution in [2.24, 2.45) is 0 Å². The Kier molecular flexibility index (Phi) is 3.13. The Morgan fingerprint density at radius 1 is 1.28 bits per heavy atom. The summed E-state index contributed by atoms with van der Waals surface area (Å²) in [5.74, 6) is -0.117. The van der Waals surface area contributed by atoms with Crippen LogP contribution in [0.4, 0.5) is 21.8 Å². The number of aromatic nitrogens is 2. The number of nitrogens with two attached hydrogens (primary N) is 2. The highest BCUT2D eigenvalue weighted by atomic mass is 19.1. The van der Waals surface area contributed by atoms with Gasteiger partial charge < -0.3 is 16.8 Å².